The Hall–Kier alpha value is -0.193. The first kappa shape index (κ1) is 5.81. The predicted molar refractivity (Wildman–Crippen MR) is 23.7 cm³/mol. The van der Waals surface area contributed by atoms with Crippen molar-refractivity contribution in [3.63, 3.8) is 0 Å². The van der Waals surface area contributed by atoms with Crippen LogP contribution in [0.2, 0.25) is 0 Å². The standard InChI is InChI=1S/C3H3NO.Li.H/c1-2-5-3-4-1;;/h1-3H;;. The fourth-order valence-electron chi connectivity index (χ4n) is 0.176. The molecule has 1 heterocycles. The van der Waals surface area contributed by atoms with E-state index < -0.39 is 0 Å². The average molecular weight is 77.0 g/mol. The Balaban J connectivity index is 0.000000250. The van der Waals surface area contributed by atoms with E-state index in [9.17, 15) is 0 Å². The van der Waals surface area contributed by atoms with Gasteiger partial charge in [0.1, 0.15) is 6.26 Å². The molecule has 0 radical (unpaired) electrons. The molecule has 6 heavy (non-hydrogen) atoms. The minimum Gasteiger partial charge on any atom is -0.452 e. The average Bonchev–Trinajstić information content (AvgIpc) is 1.76. The first-order chi connectivity index (χ1) is 2.50. The Kier molecular flexibility index (Phi) is 2.92. The molecule has 0 atom stereocenters. The largest absolute Gasteiger partial charge is 0.452 e. The van der Waals surface area contributed by atoms with Crippen LogP contribution in [0.25, 0.3) is 0 Å². The molecule has 28 valence electrons. The van der Waals surface area contributed by atoms with Crippen LogP contribution in [0, 0.1) is 0 Å². The summed E-state index contributed by atoms with van der Waals surface area (Å²) in [6.45, 7) is 0. The van der Waals surface area contributed by atoms with Crippen molar-refractivity contribution in [3.8, 4) is 0 Å². The molecular formula is C3H4LiNO. The van der Waals surface area contributed by atoms with Crippen LogP contribution in [-0.2, 0) is 0 Å². The topological polar surface area (TPSA) is 26.0 Å². The van der Waals surface area contributed by atoms with Crippen LogP contribution in [-0.4, -0.2) is 23.8 Å². The first-order valence-electron chi connectivity index (χ1n) is 1.32. The monoisotopic (exact) mass is 77.0 g/mol. The summed E-state index contributed by atoms with van der Waals surface area (Å²) >= 11 is 0. The van der Waals surface area contributed by atoms with Crippen LogP contribution in [0.1, 0.15) is 0 Å². The maximum Gasteiger partial charge on any atom is 0.180 e. The number of oxazole rings is 1. The van der Waals surface area contributed by atoms with Crippen LogP contribution in [0.15, 0.2) is 23.3 Å². The normalized spacial score (nSPS) is 6.67. The molecular weight excluding hydrogens is 73.0 g/mol. The zero-order valence-corrected chi connectivity index (χ0v) is 2.59. The molecule has 0 saturated carbocycles. The van der Waals surface area contributed by atoms with Gasteiger partial charge in [-0.15, -0.1) is 0 Å². The van der Waals surface area contributed by atoms with Gasteiger partial charge in [-0.3, -0.25) is 0 Å². The van der Waals surface area contributed by atoms with Gasteiger partial charge in [0.05, 0.1) is 6.20 Å². The summed E-state index contributed by atoms with van der Waals surface area (Å²) in [7, 11) is 0. The van der Waals surface area contributed by atoms with Gasteiger partial charge in [-0.2, -0.15) is 0 Å². The minimum atomic E-state index is 0. The summed E-state index contributed by atoms with van der Waals surface area (Å²) < 4.78 is 4.47. The summed E-state index contributed by atoms with van der Waals surface area (Å²) in [6.07, 6.45) is 4.47. The number of hydrogen-bond donors (Lipinski definition) is 0. The number of rotatable bonds is 0. The van der Waals surface area contributed by atoms with Crippen molar-refractivity contribution in [2.24, 2.45) is 0 Å². The van der Waals surface area contributed by atoms with Crippen LogP contribution in [0.4, 0.5) is 0 Å². The van der Waals surface area contributed by atoms with E-state index in [1.165, 1.54) is 12.7 Å². The first-order valence-corrected chi connectivity index (χ1v) is 1.32. The van der Waals surface area contributed by atoms with E-state index >= 15 is 0 Å². The Morgan fingerprint density at radius 1 is 1.50 bits per heavy atom. The van der Waals surface area contributed by atoms with Crippen LogP contribution in [0.3, 0.4) is 0 Å². The Labute approximate surface area is 47.7 Å². The molecule has 0 bridgehead atoms. The van der Waals surface area contributed by atoms with E-state index in [-0.39, 0.29) is 18.9 Å². The molecule has 0 unspecified atom stereocenters. The smallest absolute Gasteiger partial charge is 0.180 e. The van der Waals surface area contributed by atoms with Crippen molar-refractivity contribution in [1.82, 2.24) is 4.98 Å². The second-order valence-electron chi connectivity index (χ2n) is 0.676. The maximum absolute atomic E-state index is 4.47. The van der Waals surface area contributed by atoms with Crippen LogP contribution >= 0.6 is 0 Å². The van der Waals surface area contributed by atoms with Gasteiger partial charge < -0.3 is 4.42 Å². The van der Waals surface area contributed by atoms with E-state index in [0.29, 0.717) is 0 Å². The second kappa shape index (κ2) is 3.02. The van der Waals surface area contributed by atoms with Gasteiger partial charge in [0.2, 0.25) is 0 Å². The molecule has 0 aliphatic rings. The fourth-order valence-corrected chi connectivity index (χ4v) is 0.176. The molecule has 0 saturated heterocycles. The molecule has 0 aliphatic carbocycles. The van der Waals surface area contributed by atoms with E-state index in [2.05, 4.69) is 9.40 Å². The molecule has 0 amide bonds. The Bertz CT molecular complexity index is 67.3. The molecule has 1 aromatic heterocycles. The molecule has 1 rings (SSSR count). The summed E-state index contributed by atoms with van der Waals surface area (Å²) in [5.74, 6) is 0. The minimum absolute atomic E-state index is 0. The van der Waals surface area contributed by atoms with Gasteiger partial charge >= 0.3 is 18.9 Å². The van der Waals surface area contributed by atoms with Crippen molar-refractivity contribution < 1.29 is 4.42 Å². The Morgan fingerprint density at radius 3 is 2.50 bits per heavy atom. The SMILES string of the molecule is [LiH].c1cocn1. The van der Waals surface area contributed by atoms with E-state index in [0.717, 1.165) is 0 Å². The zero-order chi connectivity index (χ0) is 3.54. The second-order valence-corrected chi connectivity index (χ2v) is 0.676. The molecule has 0 spiro atoms. The summed E-state index contributed by atoms with van der Waals surface area (Å²) in [4.78, 5) is 3.56. The summed E-state index contributed by atoms with van der Waals surface area (Å²) in [5.41, 5.74) is 0. The van der Waals surface area contributed by atoms with Crippen molar-refractivity contribution >= 4 is 18.9 Å². The van der Waals surface area contributed by atoms with E-state index in [1.54, 1.807) is 6.20 Å². The quantitative estimate of drug-likeness (QED) is 0.408. The third kappa shape index (κ3) is 1.30. The van der Waals surface area contributed by atoms with Crippen LogP contribution in [0.5, 0.6) is 0 Å². The Morgan fingerprint density at radius 2 is 2.33 bits per heavy atom. The molecule has 0 aromatic carbocycles. The molecule has 0 fully saturated rings. The van der Waals surface area contributed by atoms with Crippen molar-refractivity contribution in [3.05, 3.63) is 18.9 Å². The molecule has 1 aromatic rings. The predicted octanol–water partition coefficient (Wildman–Crippen LogP) is 0.0261. The zero-order valence-electron chi connectivity index (χ0n) is 2.59. The van der Waals surface area contributed by atoms with Gasteiger partial charge in [0.25, 0.3) is 0 Å². The number of aromatic nitrogens is 1. The van der Waals surface area contributed by atoms with Crippen molar-refractivity contribution in [2.75, 3.05) is 0 Å². The summed E-state index contributed by atoms with van der Waals surface area (Å²) in [6, 6.07) is 0. The molecule has 0 N–H and O–H groups in total. The van der Waals surface area contributed by atoms with E-state index in [4.69, 9.17) is 0 Å². The molecule has 2 nitrogen and oxygen atoms in total. The van der Waals surface area contributed by atoms with Crippen molar-refractivity contribution in [2.45, 2.75) is 0 Å². The van der Waals surface area contributed by atoms with Gasteiger partial charge in [0, 0.05) is 0 Å². The third-order valence-corrected chi connectivity index (χ3v) is 0.347. The third-order valence-electron chi connectivity index (χ3n) is 0.347. The summed E-state index contributed by atoms with van der Waals surface area (Å²) in [5, 5.41) is 0. The van der Waals surface area contributed by atoms with Gasteiger partial charge in [-0.05, 0) is 0 Å². The number of nitrogens with zero attached hydrogens (tertiary/aromatic N) is 1. The fraction of sp³-hybridized carbons (Fsp3) is 0. The van der Waals surface area contributed by atoms with Gasteiger partial charge in [-0.1, -0.05) is 0 Å². The van der Waals surface area contributed by atoms with E-state index in [1.807, 2.05) is 0 Å². The maximum atomic E-state index is 4.47. The van der Waals surface area contributed by atoms with Gasteiger partial charge in [0.15, 0.2) is 6.39 Å². The molecule has 0 aliphatic heterocycles. The molecule has 3 heteroatoms. The number of hydrogen-bond acceptors (Lipinski definition) is 2. The van der Waals surface area contributed by atoms with Crippen LogP contribution < -0.4 is 0 Å². The van der Waals surface area contributed by atoms with Gasteiger partial charge in [-0.25, -0.2) is 4.98 Å². The van der Waals surface area contributed by atoms with Crippen molar-refractivity contribution in [1.29, 1.82) is 0 Å².